The Morgan fingerprint density at radius 3 is 2.21 bits per heavy atom. The molecule has 1 atom stereocenters. The molecule has 2 rings (SSSR count). The minimum atomic E-state index is -0.662. The Morgan fingerprint density at radius 1 is 0.818 bits per heavy atom. The monoisotopic (exact) mass is 461 g/mol. The lowest BCUT2D eigenvalue weighted by Crippen LogP contribution is -2.22. The molecule has 0 radical (unpaired) electrons. The molecule has 5 N–H and O–H groups in total. The van der Waals surface area contributed by atoms with Gasteiger partial charge in [-0.15, -0.1) is 0 Å². The first kappa shape index (κ1) is 28.9. The van der Waals surface area contributed by atoms with E-state index in [0.29, 0.717) is 23.4 Å². The molecule has 186 valence electrons. The van der Waals surface area contributed by atoms with E-state index < -0.39 is 6.10 Å². The van der Waals surface area contributed by atoms with Gasteiger partial charge in [0.15, 0.2) is 0 Å². The lowest BCUT2D eigenvalue weighted by molar-refractivity contribution is 0.126. The Bertz CT molecular complexity index is 753. The number of hydrogen-bond donors (Lipinski definition) is 5. The Kier molecular flexibility index (Phi) is 16.1. The summed E-state index contributed by atoms with van der Waals surface area (Å²) in [6, 6.07) is 12.3. The first-order valence-corrected chi connectivity index (χ1v) is 12.3. The topological polar surface area (TPSA) is 102 Å². The summed E-state index contributed by atoms with van der Waals surface area (Å²) in [7, 11) is 0. The number of benzene rings is 2. The molecule has 1 unspecified atom stereocenters. The minimum absolute atomic E-state index is 0.0443. The molecule has 0 spiro atoms. The maximum Gasteiger partial charge on any atom is 0.121 e. The van der Waals surface area contributed by atoms with Gasteiger partial charge in [0.2, 0.25) is 0 Å². The number of aliphatic hydroxyl groups is 2. The molecule has 6 heteroatoms. The Hall–Kier alpha value is -2.12. The number of aliphatic hydroxyl groups excluding tert-OH is 2. The third-order valence-corrected chi connectivity index (χ3v) is 5.36. The molecule has 0 aromatic heterocycles. The highest BCUT2D eigenvalue weighted by Crippen LogP contribution is 2.22. The van der Waals surface area contributed by atoms with Crippen LogP contribution in [-0.4, -0.2) is 46.7 Å². The lowest BCUT2D eigenvalue weighted by Gasteiger charge is -2.14. The van der Waals surface area contributed by atoms with Gasteiger partial charge in [0.05, 0.1) is 12.7 Å². The van der Waals surface area contributed by atoms with E-state index in [1.54, 1.807) is 18.2 Å². The first-order valence-electron chi connectivity index (χ1n) is 12.3. The number of para-hydroxylation sites is 1. The molecule has 0 aliphatic carbocycles. The summed E-state index contributed by atoms with van der Waals surface area (Å²) >= 11 is 0. The number of nitrogens with one attached hydrogen (secondary N) is 1. The van der Waals surface area contributed by atoms with E-state index in [1.807, 2.05) is 32.0 Å². The van der Waals surface area contributed by atoms with Crippen LogP contribution in [0.2, 0.25) is 0 Å². The fourth-order valence-corrected chi connectivity index (χ4v) is 3.45. The maximum atomic E-state index is 10.2. The third-order valence-electron chi connectivity index (χ3n) is 5.36. The van der Waals surface area contributed by atoms with Crippen molar-refractivity contribution in [1.82, 2.24) is 5.32 Å². The summed E-state index contributed by atoms with van der Waals surface area (Å²) in [5.41, 5.74) is 2.11. The van der Waals surface area contributed by atoms with Gasteiger partial charge in [-0.25, -0.2) is 0 Å². The van der Waals surface area contributed by atoms with Crippen LogP contribution in [0.15, 0.2) is 42.5 Å². The molecule has 6 nitrogen and oxygen atoms in total. The standard InChI is InChI=1S/C25H37NO5.C2H6/c27-19-22-17-21(12-13-24(22)29)25(30)18-26-14-6-1-2-7-15-31-16-8-5-10-20-9-3-4-11-23(20)28;1-2/h3-4,9,11-13,17,25-30H,1-2,5-8,10,14-16,18-19H2;1-2H3. The fourth-order valence-electron chi connectivity index (χ4n) is 3.45. The summed E-state index contributed by atoms with van der Waals surface area (Å²) < 4.78 is 5.69. The highest BCUT2D eigenvalue weighted by molar-refractivity contribution is 5.36. The van der Waals surface area contributed by atoms with Crippen LogP contribution in [0.25, 0.3) is 0 Å². The van der Waals surface area contributed by atoms with E-state index >= 15 is 0 Å². The third kappa shape index (κ3) is 12.1. The number of hydrogen-bond acceptors (Lipinski definition) is 6. The molecule has 2 aromatic rings. The van der Waals surface area contributed by atoms with Crippen molar-refractivity contribution in [2.24, 2.45) is 0 Å². The van der Waals surface area contributed by atoms with Crippen LogP contribution in [0.5, 0.6) is 11.5 Å². The normalized spacial score (nSPS) is 11.6. The summed E-state index contributed by atoms with van der Waals surface area (Å²) in [4.78, 5) is 0. The van der Waals surface area contributed by atoms with E-state index in [2.05, 4.69) is 5.32 Å². The SMILES string of the molecule is CC.OCc1cc(C(O)CNCCCCCCOCCCCc2ccccc2O)ccc1O. The van der Waals surface area contributed by atoms with Crippen molar-refractivity contribution in [2.45, 2.75) is 71.5 Å². The van der Waals surface area contributed by atoms with Crippen molar-refractivity contribution in [2.75, 3.05) is 26.3 Å². The second-order valence-electron chi connectivity index (χ2n) is 7.88. The number of ether oxygens (including phenoxy) is 1. The zero-order valence-corrected chi connectivity index (χ0v) is 20.3. The van der Waals surface area contributed by atoms with Crippen LogP contribution >= 0.6 is 0 Å². The highest BCUT2D eigenvalue weighted by atomic mass is 16.5. The molecule has 0 bridgehead atoms. The molecule has 33 heavy (non-hydrogen) atoms. The van der Waals surface area contributed by atoms with Crippen LogP contribution in [0, 0.1) is 0 Å². The summed E-state index contributed by atoms with van der Waals surface area (Å²) in [6.45, 7) is 6.59. The van der Waals surface area contributed by atoms with Crippen LogP contribution in [0.3, 0.4) is 0 Å². The van der Waals surface area contributed by atoms with Crippen LogP contribution in [-0.2, 0) is 17.8 Å². The molecule has 0 saturated carbocycles. The molecular formula is C27H43NO5. The summed E-state index contributed by atoms with van der Waals surface area (Å²) in [6.07, 6.45) is 6.58. The average molecular weight is 462 g/mol. The molecule has 0 heterocycles. The van der Waals surface area contributed by atoms with Gasteiger partial charge >= 0.3 is 0 Å². The molecule has 0 aliphatic heterocycles. The van der Waals surface area contributed by atoms with Gasteiger partial charge in [-0.2, -0.15) is 0 Å². The zero-order valence-electron chi connectivity index (χ0n) is 20.3. The number of aromatic hydroxyl groups is 2. The fraction of sp³-hybridized carbons (Fsp3) is 0.556. The van der Waals surface area contributed by atoms with Crippen LogP contribution < -0.4 is 5.32 Å². The Morgan fingerprint density at radius 2 is 1.48 bits per heavy atom. The largest absolute Gasteiger partial charge is 0.508 e. The van der Waals surface area contributed by atoms with E-state index in [9.17, 15) is 20.4 Å². The number of phenolic OH excluding ortho intramolecular Hbond substituents is 1. The quantitative estimate of drug-likeness (QED) is 0.229. The van der Waals surface area contributed by atoms with E-state index in [-0.39, 0.29) is 12.4 Å². The number of unbranched alkanes of at least 4 members (excludes halogenated alkanes) is 4. The zero-order chi connectivity index (χ0) is 24.3. The molecule has 0 amide bonds. The van der Waals surface area contributed by atoms with Crippen molar-refractivity contribution in [3.8, 4) is 11.5 Å². The molecule has 0 fully saturated rings. The second-order valence-corrected chi connectivity index (χ2v) is 7.88. The summed E-state index contributed by atoms with van der Waals surface area (Å²) in [5, 5.41) is 42.0. The van der Waals surface area contributed by atoms with E-state index in [0.717, 1.165) is 70.3 Å². The molecule has 2 aromatic carbocycles. The maximum absolute atomic E-state index is 10.2. The van der Waals surface area contributed by atoms with Gasteiger partial charge in [-0.05, 0) is 68.0 Å². The van der Waals surface area contributed by atoms with Gasteiger partial charge < -0.3 is 30.5 Å². The lowest BCUT2D eigenvalue weighted by atomic mass is 10.1. The van der Waals surface area contributed by atoms with Crippen molar-refractivity contribution in [3.05, 3.63) is 59.2 Å². The summed E-state index contributed by atoms with van der Waals surface area (Å²) in [5.74, 6) is 0.423. The van der Waals surface area contributed by atoms with Gasteiger partial charge in [0.25, 0.3) is 0 Å². The van der Waals surface area contributed by atoms with Gasteiger partial charge in [-0.3, -0.25) is 0 Å². The Balaban J connectivity index is 0.00000265. The highest BCUT2D eigenvalue weighted by Gasteiger charge is 2.09. The molecule has 0 aliphatic rings. The number of aryl methyl sites for hydroxylation is 1. The number of phenols is 2. The Labute approximate surface area is 199 Å². The van der Waals surface area contributed by atoms with Crippen molar-refractivity contribution in [3.63, 3.8) is 0 Å². The van der Waals surface area contributed by atoms with Crippen molar-refractivity contribution < 1.29 is 25.2 Å². The van der Waals surface area contributed by atoms with Gasteiger partial charge in [0.1, 0.15) is 11.5 Å². The molecule has 0 saturated heterocycles. The number of rotatable bonds is 16. The first-order chi connectivity index (χ1) is 16.1. The average Bonchev–Trinajstić information content (AvgIpc) is 2.84. The van der Waals surface area contributed by atoms with E-state index in [4.69, 9.17) is 4.74 Å². The van der Waals surface area contributed by atoms with Gasteiger partial charge in [-0.1, -0.05) is 51.0 Å². The van der Waals surface area contributed by atoms with Crippen molar-refractivity contribution in [1.29, 1.82) is 0 Å². The van der Waals surface area contributed by atoms with Crippen LogP contribution in [0.4, 0.5) is 0 Å². The molecular weight excluding hydrogens is 418 g/mol. The predicted molar refractivity (Wildman–Crippen MR) is 134 cm³/mol. The van der Waals surface area contributed by atoms with E-state index in [1.165, 1.54) is 6.07 Å². The van der Waals surface area contributed by atoms with Crippen molar-refractivity contribution >= 4 is 0 Å². The smallest absolute Gasteiger partial charge is 0.121 e. The predicted octanol–water partition coefficient (Wildman–Crippen LogP) is 4.84. The van der Waals surface area contributed by atoms with Gasteiger partial charge in [0, 0.05) is 25.3 Å². The second kappa shape index (κ2) is 18.3. The minimum Gasteiger partial charge on any atom is -0.508 e. The van der Waals surface area contributed by atoms with Crippen LogP contribution in [0.1, 0.15) is 75.2 Å².